The maximum absolute atomic E-state index is 12.7. The van der Waals surface area contributed by atoms with Crippen molar-refractivity contribution >= 4 is 33.8 Å². The van der Waals surface area contributed by atoms with Crippen LogP contribution in [-0.4, -0.2) is 26.4 Å². The summed E-state index contributed by atoms with van der Waals surface area (Å²) in [6.07, 6.45) is 4.09. The van der Waals surface area contributed by atoms with Crippen molar-refractivity contribution in [2.75, 3.05) is 5.32 Å². The summed E-state index contributed by atoms with van der Waals surface area (Å²) in [6, 6.07) is 17.6. The predicted octanol–water partition coefficient (Wildman–Crippen LogP) is 4.26. The first-order valence-electron chi connectivity index (χ1n) is 8.80. The first kappa shape index (κ1) is 16.6. The van der Waals surface area contributed by atoms with Crippen molar-refractivity contribution in [3.63, 3.8) is 0 Å². The number of hydrogen-bond donors (Lipinski definition) is 1. The average Bonchev–Trinajstić information content (AvgIpc) is 3.47. The minimum Gasteiger partial charge on any atom is -0.298 e. The number of carbonyl (C=O) groups is 1. The number of amides is 1. The van der Waals surface area contributed by atoms with Crippen LogP contribution in [0.2, 0.25) is 0 Å². The fourth-order valence-electron chi connectivity index (χ4n) is 3.30. The molecule has 5 rings (SSSR count). The number of para-hydroxylation sites is 2. The third kappa shape index (κ3) is 2.91. The second kappa shape index (κ2) is 6.86. The molecule has 0 saturated heterocycles. The van der Waals surface area contributed by atoms with Gasteiger partial charge in [-0.15, -0.1) is 11.3 Å². The number of nitrogens with zero attached hydrogens (tertiary/aromatic N) is 4. The zero-order valence-electron chi connectivity index (χ0n) is 14.7. The van der Waals surface area contributed by atoms with Crippen LogP contribution in [0, 0.1) is 0 Å². The maximum Gasteiger partial charge on any atom is 0.259 e. The lowest BCUT2D eigenvalue weighted by atomic mass is 10.0. The first-order chi connectivity index (χ1) is 13.8. The minimum atomic E-state index is -0.201. The van der Waals surface area contributed by atoms with Gasteiger partial charge in [0.25, 0.3) is 5.91 Å². The Balaban J connectivity index is 1.51. The number of anilines is 1. The molecule has 2 aromatic heterocycles. The molecular weight excluding hydrogens is 370 g/mol. The number of carbonyl (C=O) groups excluding carboxylic acids is 1. The Bertz CT molecular complexity index is 1180. The summed E-state index contributed by atoms with van der Waals surface area (Å²) >= 11 is 1.39. The molecule has 6 nitrogen and oxygen atoms in total. The third-order valence-electron chi connectivity index (χ3n) is 4.56. The van der Waals surface area contributed by atoms with Gasteiger partial charge in [-0.05, 0) is 29.8 Å². The van der Waals surface area contributed by atoms with Crippen LogP contribution >= 0.6 is 11.3 Å². The number of fused-ring (bicyclic) bond motifs is 1. The molecule has 2 aromatic carbocycles. The van der Waals surface area contributed by atoms with Crippen molar-refractivity contribution < 1.29 is 4.79 Å². The van der Waals surface area contributed by atoms with Crippen molar-refractivity contribution in [2.45, 2.75) is 6.42 Å². The third-order valence-corrected chi connectivity index (χ3v) is 5.25. The van der Waals surface area contributed by atoms with Crippen LogP contribution in [0.3, 0.4) is 0 Å². The SMILES string of the molecule is O=C(Nc1nccs1)c1cccc2c1N=C(c1ccnn1-c1ccccc1)C2. The summed E-state index contributed by atoms with van der Waals surface area (Å²) in [5.41, 5.74) is 5.09. The number of nitrogens with one attached hydrogen (secondary N) is 1. The van der Waals surface area contributed by atoms with Crippen molar-refractivity contribution in [2.24, 2.45) is 4.99 Å². The summed E-state index contributed by atoms with van der Waals surface area (Å²) in [5, 5.41) is 9.69. The molecule has 0 unspecified atom stereocenters. The van der Waals surface area contributed by atoms with Gasteiger partial charge in [-0.3, -0.25) is 10.1 Å². The van der Waals surface area contributed by atoms with Gasteiger partial charge >= 0.3 is 0 Å². The predicted molar refractivity (Wildman–Crippen MR) is 110 cm³/mol. The highest BCUT2D eigenvalue weighted by Crippen LogP contribution is 2.33. The Morgan fingerprint density at radius 3 is 2.75 bits per heavy atom. The van der Waals surface area contributed by atoms with Gasteiger partial charge in [0.2, 0.25) is 0 Å². The maximum atomic E-state index is 12.7. The van der Waals surface area contributed by atoms with Crippen LogP contribution in [0.4, 0.5) is 10.8 Å². The summed E-state index contributed by atoms with van der Waals surface area (Å²) in [6.45, 7) is 0. The number of thiazole rings is 1. The molecule has 0 bridgehead atoms. The monoisotopic (exact) mass is 385 g/mol. The fraction of sp³-hybridized carbons (Fsp3) is 0.0476. The molecule has 3 heterocycles. The molecule has 0 saturated carbocycles. The Morgan fingerprint density at radius 2 is 1.93 bits per heavy atom. The van der Waals surface area contributed by atoms with Gasteiger partial charge in [-0.25, -0.2) is 14.7 Å². The van der Waals surface area contributed by atoms with Crippen LogP contribution in [0.15, 0.2) is 77.4 Å². The largest absolute Gasteiger partial charge is 0.298 e. The van der Waals surface area contributed by atoms with Crippen LogP contribution < -0.4 is 5.32 Å². The van der Waals surface area contributed by atoms with Gasteiger partial charge in [-0.1, -0.05) is 30.3 Å². The molecule has 1 N–H and O–H groups in total. The van der Waals surface area contributed by atoms with E-state index in [-0.39, 0.29) is 5.91 Å². The van der Waals surface area contributed by atoms with Gasteiger partial charge in [0.15, 0.2) is 5.13 Å². The first-order valence-corrected chi connectivity index (χ1v) is 9.68. The van der Waals surface area contributed by atoms with Gasteiger partial charge in [0.05, 0.1) is 34.5 Å². The molecule has 1 amide bonds. The number of hydrogen-bond acceptors (Lipinski definition) is 5. The Labute approximate surface area is 165 Å². The summed E-state index contributed by atoms with van der Waals surface area (Å²) in [4.78, 5) is 21.6. The molecule has 0 spiro atoms. The second-order valence-corrected chi connectivity index (χ2v) is 7.20. The van der Waals surface area contributed by atoms with E-state index in [4.69, 9.17) is 4.99 Å². The van der Waals surface area contributed by atoms with Gasteiger partial charge in [-0.2, -0.15) is 5.10 Å². The van der Waals surface area contributed by atoms with E-state index >= 15 is 0 Å². The van der Waals surface area contributed by atoms with Gasteiger partial charge in [0.1, 0.15) is 0 Å². The number of aromatic nitrogens is 3. The highest BCUT2D eigenvalue weighted by atomic mass is 32.1. The Hall–Kier alpha value is -3.58. The highest BCUT2D eigenvalue weighted by molar-refractivity contribution is 7.13. The molecule has 28 heavy (non-hydrogen) atoms. The van der Waals surface area contributed by atoms with Gasteiger partial charge < -0.3 is 0 Å². The molecule has 136 valence electrons. The molecule has 0 aliphatic carbocycles. The molecule has 1 aliphatic rings. The second-order valence-electron chi connectivity index (χ2n) is 6.30. The Kier molecular flexibility index (Phi) is 4.06. The topological polar surface area (TPSA) is 72.2 Å². The summed E-state index contributed by atoms with van der Waals surface area (Å²) in [5.74, 6) is -0.201. The molecule has 0 fully saturated rings. The number of benzene rings is 2. The van der Waals surface area contributed by atoms with E-state index in [9.17, 15) is 4.79 Å². The lowest BCUT2D eigenvalue weighted by molar-refractivity contribution is 0.102. The average molecular weight is 385 g/mol. The van der Waals surface area contributed by atoms with E-state index in [1.165, 1.54) is 11.3 Å². The number of aliphatic imine (C=N–C) groups is 1. The molecule has 4 aromatic rings. The fourth-order valence-corrected chi connectivity index (χ4v) is 3.82. The quantitative estimate of drug-likeness (QED) is 0.571. The van der Waals surface area contributed by atoms with E-state index < -0.39 is 0 Å². The Morgan fingerprint density at radius 1 is 1.04 bits per heavy atom. The molecule has 1 aliphatic heterocycles. The van der Waals surface area contributed by atoms with Crippen molar-refractivity contribution in [1.29, 1.82) is 0 Å². The van der Waals surface area contributed by atoms with Crippen molar-refractivity contribution in [3.05, 3.63) is 89.2 Å². The normalized spacial score (nSPS) is 12.5. The lowest BCUT2D eigenvalue weighted by Gasteiger charge is -2.06. The van der Waals surface area contributed by atoms with Crippen LogP contribution in [0.5, 0.6) is 0 Å². The van der Waals surface area contributed by atoms with Crippen LogP contribution in [0.25, 0.3) is 5.69 Å². The molecule has 0 atom stereocenters. The molecule has 7 heteroatoms. The van der Waals surface area contributed by atoms with E-state index in [1.54, 1.807) is 18.5 Å². The van der Waals surface area contributed by atoms with Crippen molar-refractivity contribution in [1.82, 2.24) is 14.8 Å². The molecule has 0 radical (unpaired) electrons. The highest BCUT2D eigenvalue weighted by Gasteiger charge is 2.24. The van der Waals surface area contributed by atoms with E-state index in [0.29, 0.717) is 22.8 Å². The van der Waals surface area contributed by atoms with Crippen LogP contribution in [0.1, 0.15) is 21.6 Å². The summed E-state index contributed by atoms with van der Waals surface area (Å²) < 4.78 is 1.88. The molecular formula is C21H15N5OS. The zero-order valence-corrected chi connectivity index (χ0v) is 15.6. The van der Waals surface area contributed by atoms with E-state index in [2.05, 4.69) is 15.4 Å². The lowest BCUT2D eigenvalue weighted by Crippen LogP contribution is -2.11. The zero-order chi connectivity index (χ0) is 18.9. The summed E-state index contributed by atoms with van der Waals surface area (Å²) in [7, 11) is 0. The van der Waals surface area contributed by atoms with E-state index in [0.717, 1.165) is 22.7 Å². The van der Waals surface area contributed by atoms with Crippen LogP contribution in [-0.2, 0) is 6.42 Å². The van der Waals surface area contributed by atoms with Gasteiger partial charge in [0, 0.05) is 18.0 Å². The standard InChI is InChI=1S/C21H15N5OS/c27-20(25-21-22-11-12-28-21)16-8-4-5-14-13-17(24-19(14)16)18-9-10-23-26(18)15-6-2-1-3-7-15/h1-12H,13H2,(H,22,25,27). The minimum absolute atomic E-state index is 0.201. The van der Waals surface area contributed by atoms with E-state index in [1.807, 2.05) is 58.6 Å². The smallest absolute Gasteiger partial charge is 0.259 e. The van der Waals surface area contributed by atoms with Crippen molar-refractivity contribution in [3.8, 4) is 5.69 Å². The number of rotatable bonds is 4.